The number of rotatable bonds is 7. The van der Waals surface area contributed by atoms with Gasteiger partial charge >= 0.3 is 0 Å². The zero-order valence-corrected chi connectivity index (χ0v) is 13.7. The molecule has 4 nitrogen and oxygen atoms in total. The summed E-state index contributed by atoms with van der Waals surface area (Å²) in [5.74, 6) is 0.997. The minimum Gasteiger partial charge on any atom is -0.399 e. The van der Waals surface area contributed by atoms with Crippen LogP contribution in [0.3, 0.4) is 0 Å². The lowest BCUT2D eigenvalue weighted by Crippen LogP contribution is -2.35. The van der Waals surface area contributed by atoms with Crippen molar-refractivity contribution in [2.24, 2.45) is 5.92 Å². The normalized spacial score (nSPS) is 16.6. The van der Waals surface area contributed by atoms with Crippen molar-refractivity contribution in [1.29, 1.82) is 0 Å². The SMILES string of the molecule is CC1CCN(CCCNC(=O)CCc2ccccc2N)CC1. The lowest BCUT2D eigenvalue weighted by molar-refractivity contribution is -0.121. The second kappa shape index (κ2) is 8.79. The lowest BCUT2D eigenvalue weighted by Gasteiger charge is -2.30. The van der Waals surface area contributed by atoms with Gasteiger partial charge in [-0.15, -0.1) is 0 Å². The quantitative estimate of drug-likeness (QED) is 0.601. The third kappa shape index (κ3) is 5.68. The maximum atomic E-state index is 11.9. The molecule has 0 bridgehead atoms. The van der Waals surface area contributed by atoms with E-state index in [-0.39, 0.29) is 5.91 Å². The van der Waals surface area contributed by atoms with Crippen molar-refractivity contribution in [3.63, 3.8) is 0 Å². The van der Waals surface area contributed by atoms with Crippen LogP contribution in [0.25, 0.3) is 0 Å². The van der Waals surface area contributed by atoms with Crippen LogP contribution in [-0.4, -0.2) is 37.0 Å². The maximum Gasteiger partial charge on any atom is 0.220 e. The molecule has 0 unspecified atom stereocenters. The third-order valence-corrected chi connectivity index (χ3v) is 4.53. The Labute approximate surface area is 134 Å². The average molecular weight is 303 g/mol. The minimum absolute atomic E-state index is 0.121. The molecule has 1 fully saturated rings. The highest BCUT2D eigenvalue weighted by Gasteiger charge is 2.14. The van der Waals surface area contributed by atoms with Crippen molar-refractivity contribution >= 4 is 11.6 Å². The van der Waals surface area contributed by atoms with Gasteiger partial charge < -0.3 is 16.0 Å². The molecule has 0 spiro atoms. The van der Waals surface area contributed by atoms with Crippen molar-refractivity contribution in [3.05, 3.63) is 29.8 Å². The van der Waals surface area contributed by atoms with Crippen molar-refractivity contribution in [2.75, 3.05) is 31.9 Å². The van der Waals surface area contributed by atoms with E-state index < -0.39 is 0 Å². The molecule has 0 saturated carbocycles. The van der Waals surface area contributed by atoms with Crippen LogP contribution in [0.15, 0.2) is 24.3 Å². The van der Waals surface area contributed by atoms with Crippen molar-refractivity contribution in [3.8, 4) is 0 Å². The molecule has 1 aliphatic rings. The number of carbonyl (C=O) groups is 1. The molecule has 0 radical (unpaired) electrons. The van der Waals surface area contributed by atoms with Gasteiger partial charge in [0.15, 0.2) is 0 Å². The van der Waals surface area contributed by atoms with Gasteiger partial charge in [0.1, 0.15) is 0 Å². The Morgan fingerprint density at radius 3 is 2.77 bits per heavy atom. The summed E-state index contributed by atoms with van der Waals surface area (Å²) in [6.07, 6.45) is 4.88. The van der Waals surface area contributed by atoms with Gasteiger partial charge in [-0.3, -0.25) is 4.79 Å². The molecule has 122 valence electrons. The van der Waals surface area contributed by atoms with Crippen LogP contribution in [0, 0.1) is 5.92 Å². The molecule has 4 heteroatoms. The van der Waals surface area contributed by atoms with Crippen molar-refractivity contribution in [1.82, 2.24) is 10.2 Å². The number of hydrogen-bond acceptors (Lipinski definition) is 3. The van der Waals surface area contributed by atoms with Crippen LogP contribution in [0.1, 0.15) is 38.2 Å². The predicted molar refractivity (Wildman–Crippen MR) is 91.6 cm³/mol. The Morgan fingerprint density at radius 2 is 2.05 bits per heavy atom. The number of para-hydroxylation sites is 1. The summed E-state index contributed by atoms with van der Waals surface area (Å²) in [6, 6.07) is 7.75. The summed E-state index contributed by atoms with van der Waals surface area (Å²) >= 11 is 0. The van der Waals surface area contributed by atoms with Gasteiger partial charge in [0.2, 0.25) is 5.91 Å². The highest BCUT2D eigenvalue weighted by molar-refractivity contribution is 5.76. The van der Waals surface area contributed by atoms with Gasteiger partial charge in [-0.25, -0.2) is 0 Å². The topological polar surface area (TPSA) is 58.4 Å². The van der Waals surface area contributed by atoms with Gasteiger partial charge in [-0.05, 0) is 62.9 Å². The Kier molecular flexibility index (Phi) is 6.72. The van der Waals surface area contributed by atoms with E-state index >= 15 is 0 Å². The van der Waals surface area contributed by atoms with Gasteiger partial charge in [-0.1, -0.05) is 25.1 Å². The van der Waals surface area contributed by atoms with Crippen LogP contribution in [0.2, 0.25) is 0 Å². The molecule has 1 aromatic rings. The second-order valence-corrected chi connectivity index (χ2v) is 6.43. The molecule has 0 atom stereocenters. The van der Waals surface area contributed by atoms with Crippen molar-refractivity contribution < 1.29 is 4.79 Å². The number of aryl methyl sites for hydroxylation is 1. The summed E-state index contributed by atoms with van der Waals surface area (Å²) in [7, 11) is 0. The smallest absolute Gasteiger partial charge is 0.220 e. The first-order chi connectivity index (χ1) is 10.6. The van der Waals surface area contributed by atoms with Gasteiger partial charge in [0, 0.05) is 18.7 Å². The van der Waals surface area contributed by atoms with Crippen LogP contribution >= 0.6 is 0 Å². The monoisotopic (exact) mass is 303 g/mol. The molecule has 3 N–H and O–H groups in total. The van der Waals surface area contributed by atoms with Gasteiger partial charge in [0.05, 0.1) is 0 Å². The molecular weight excluding hydrogens is 274 g/mol. The van der Waals surface area contributed by atoms with E-state index in [1.807, 2.05) is 24.3 Å². The fourth-order valence-corrected chi connectivity index (χ4v) is 2.91. The van der Waals surface area contributed by atoms with E-state index in [1.165, 1.54) is 25.9 Å². The Morgan fingerprint density at radius 1 is 1.32 bits per heavy atom. The van der Waals surface area contributed by atoms with Crippen LogP contribution in [-0.2, 0) is 11.2 Å². The zero-order valence-electron chi connectivity index (χ0n) is 13.7. The minimum atomic E-state index is 0.121. The van der Waals surface area contributed by atoms with Crippen LogP contribution < -0.4 is 11.1 Å². The molecule has 22 heavy (non-hydrogen) atoms. The number of amides is 1. The van der Waals surface area contributed by atoms with Crippen molar-refractivity contribution in [2.45, 2.75) is 39.0 Å². The zero-order chi connectivity index (χ0) is 15.8. The first-order valence-electron chi connectivity index (χ1n) is 8.47. The molecule has 1 saturated heterocycles. The average Bonchev–Trinajstić information content (AvgIpc) is 2.52. The van der Waals surface area contributed by atoms with E-state index in [0.29, 0.717) is 12.8 Å². The first kappa shape index (κ1) is 16.8. The predicted octanol–water partition coefficient (Wildman–Crippen LogP) is 2.44. The van der Waals surface area contributed by atoms with Gasteiger partial charge in [0.25, 0.3) is 0 Å². The highest BCUT2D eigenvalue weighted by Crippen LogP contribution is 2.15. The van der Waals surface area contributed by atoms with E-state index in [1.54, 1.807) is 0 Å². The maximum absolute atomic E-state index is 11.9. The summed E-state index contributed by atoms with van der Waals surface area (Å²) in [6.45, 7) is 6.62. The molecule has 0 aliphatic carbocycles. The van der Waals surface area contributed by atoms with E-state index in [2.05, 4.69) is 17.1 Å². The summed E-state index contributed by atoms with van der Waals surface area (Å²) in [5.41, 5.74) is 7.71. The van der Waals surface area contributed by atoms with E-state index in [4.69, 9.17) is 5.73 Å². The Balaban J connectivity index is 1.55. The Bertz CT molecular complexity index is 467. The number of nitrogen functional groups attached to an aromatic ring is 1. The lowest BCUT2D eigenvalue weighted by atomic mass is 9.99. The summed E-state index contributed by atoms with van der Waals surface area (Å²) in [5, 5.41) is 3.01. The standard InChI is InChI=1S/C18H29N3O/c1-15-9-13-21(14-10-15)12-4-11-20-18(22)8-7-16-5-2-3-6-17(16)19/h2-3,5-6,15H,4,7-14,19H2,1H3,(H,20,22). The number of piperidine rings is 1. The summed E-state index contributed by atoms with van der Waals surface area (Å²) in [4.78, 5) is 14.4. The van der Waals surface area contributed by atoms with Crippen LogP contribution in [0.4, 0.5) is 5.69 Å². The number of benzene rings is 1. The second-order valence-electron chi connectivity index (χ2n) is 6.43. The Hall–Kier alpha value is -1.55. The largest absolute Gasteiger partial charge is 0.399 e. The highest BCUT2D eigenvalue weighted by atomic mass is 16.1. The fraction of sp³-hybridized carbons (Fsp3) is 0.611. The van der Waals surface area contributed by atoms with E-state index in [9.17, 15) is 4.79 Å². The van der Waals surface area contributed by atoms with E-state index in [0.717, 1.165) is 36.7 Å². The molecule has 1 aliphatic heterocycles. The fourth-order valence-electron chi connectivity index (χ4n) is 2.91. The molecule has 2 rings (SSSR count). The molecule has 1 heterocycles. The molecular formula is C18H29N3O. The number of nitrogens with two attached hydrogens (primary N) is 1. The third-order valence-electron chi connectivity index (χ3n) is 4.53. The molecule has 0 aromatic heterocycles. The van der Waals surface area contributed by atoms with Crippen LogP contribution in [0.5, 0.6) is 0 Å². The number of likely N-dealkylation sites (tertiary alicyclic amines) is 1. The number of anilines is 1. The summed E-state index contributed by atoms with van der Waals surface area (Å²) < 4.78 is 0. The van der Waals surface area contributed by atoms with Gasteiger partial charge in [-0.2, -0.15) is 0 Å². The first-order valence-corrected chi connectivity index (χ1v) is 8.47. The molecule has 1 aromatic carbocycles. The number of carbonyl (C=O) groups excluding carboxylic acids is 1. The number of nitrogens with one attached hydrogen (secondary N) is 1. The number of nitrogens with zero attached hydrogens (tertiary/aromatic N) is 1. The molecule has 1 amide bonds. The number of hydrogen-bond donors (Lipinski definition) is 2.